The number of aromatic nitrogens is 2. The molecule has 0 bridgehead atoms. The van der Waals surface area contributed by atoms with Crippen molar-refractivity contribution in [3.8, 4) is 0 Å². The van der Waals surface area contributed by atoms with Gasteiger partial charge < -0.3 is 14.4 Å². The zero-order valence-electron chi connectivity index (χ0n) is 13.9. The first kappa shape index (κ1) is 16.2. The number of likely N-dealkylation sites (tertiary alicyclic amines) is 1. The Balaban J connectivity index is 1.63. The van der Waals surface area contributed by atoms with Crippen LogP contribution in [0.15, 0.2) is 6.20 Å². The normalized spacial score (nSPS) is 20.4. The summed E-state index contributed by atoms with van der Waals surface area (Å²) in [6.07, 6.45) is 2.43. The molecule has 0 aromatic carbocycles. The average Bonchev–Trinajstić information content (AvgIpc) is 2.77. The summed E-state index contributed by atoms with van der Waals surface area (Å²) in [5.41, 5.74) is 0.158. The molecule has 0 unspecified atom stereocenters. The van der Waals surface area contributed by atoms with E-state index in [0.717, 1.165) is 12.8 Å². The second kappa shape index (κ2) is 6.11. The van der Waals surface area contributed by atoms with Crippen LogP contribution in [0.25, 0.3) is 0 Å². The SMILES string of the molecule is CC(C)(C)OC(=O)N1CCC(c2c(F)cnn2C2COC2)CC1. The van der Waals surface area contributed by atoms with Crippen LogP contribution < -0.4 is 0 Å². The fraction of sp³-hybridized carbons (Fsp3) is 0.750. The van der Waals surface area contributed by atoms with Crippen LogP contribution in [-0.2, 0) is 9.47 Å². The molecule has 1 aromatic rings. The second-order valence-corrected chi connectivity index (χ2v) is 7.26. The van der Waals surface area contributed by atoms with E-state index in [-0.39, 0.29) is 23.9 Å². The van der Waals surface area contributed by atoms with Crippen molar-refractivity contribution in [2.45, 2.75) is 51.2 Å². The summed E-state index contributed by atoms with van der Waals surface area (Å²) >= 11 is 0. The lowest BCUT2D eigenvalue weighted by Gasteiger charge is -2.35. The van der Waals surface area contributed by atoms with Gasteiger partial charge in [0.25, 0.3) is 0 Å². The molecule has 2 saturated heterocycles. The van der Waals surface area contributed by atoms with E-state index < -0.39 is 5.60 Å². The quantitative estimate of drug-likeness (QED) is 0.839. The zero-order chi connectivity index (χ0) is 16.6. The van der Waals surface area contributed by atoms with Crippen LogP contribution >= 0.6 is 0 Å². The number of hydrogen-bond acceptors (Lipinski definition) is 4. The van der Waals surface area contributed by atoms with Gasteiger partial charge in [-0.25, -0.2) is 9.18 Å². The number of halogens is 1. The Bertz CT molecular complexity index is 570. The molecule has 1 aromatic heterocycles. The Morgan fingerprint density at radius 3 is 2.52 bits per heavy atom. The van der Waals surface area contributed by atoms with Crippen LogP contribution in [0.4, 0.5) is 9.18 Å². The highest BCUT2D eigenvalue weighted by Crippen LogP contribution is 2.33. The van der Waals surface area contributed by atoms with Crippen molar-refractivity contribution in [1.82, 2.24) is 14.7 Å². The third kappa shape index (κ3) is 3.49. The molecule has 1 amide bonds. The van der Waals surface area contributed by atoms with E-state index in [1.807, 2.05) is 20.8 Å². The molecule has 2 aliphatic heterocycles. The molecule has 3 rings (SSSR count). The predicted molar refractivity (Wildman–Crippen MR) is 81.8 cm³/mol. The largest absolute Gasteiger partial charge is 0.444 e. The van der Waals surface area contributed by atoms with Crippen LogP contribution in [0.1, 0.15) is 51.3 Å². The molecule has 0 radical (unpaired) electrons. The van der Waals surface area contributed by atoms with Gasteiger partial charge in [0.2, 0.25) is 0 Å². The van der Waals surface area contributed by atoms with Crippen molar-refractivity contribution in [2.24, 2.45) is 0 Å². The van der Waals surface area contributed by atoms with E-state index in [1.165, 1.54) is 6.20 Å². The van der Waals surface area contributed by atoms with E-state index in [4.69, 9.17) is 9.47 Å². The molecule has 0 N–H and O–H groups in total. The van der Waals surface area contributed by atoms with Crippen molar-refractivity contribution < 1.29 is 18.7 Å². The summed E-state index contributed by atoms with van der Waals surface area (Å²) in [4.78, 5) is 13.8. The molecule has 0 aliphatic carbocycles. The molecular weight excluding hydrogens is 301 g/mol. The smallest absolute Gasteiger partial charge is 0.410 e. The number of hydrogen-bond donors (Lipinski definition) is 0. The lowest BCUT2D eigenvalue weighted by molar-refractivity contribution is -0.0308. The summed E-state index contributed by atoms with van der Waals surface area (Å²) in [7, 11) is 0. The third-order valence-corrected chi connectivity index (χ3v) is 4.29. The van der Waals surface area contributed by atoms with Gasteiger partial charge in [0, 0.05) is 19.0 Å². The molecular formula is C16H24FN3O3. The van der Waals surface area contributed by atoms with Crippen molar-refractivity contribution in [2.75, 3.05) is 26.3 Å². The van der Waals surface area contributed by atoms with Gasteiger partial charge in [0.05, 0.1) is 31.1 Å². The van der Waals surface area contributed by atoms with Gasteiger partial charge >= 0.3 is 6.09 Å². The van der Waals surface area contributed by atoms with Crippen LogP contribution in [0.3, 0.4) is 0 Å². The maximum absolute atomic E-state index is 14.2. The van der Waals surface area contributed by atoms with Crippen LogP contribution in [-0.4, -0.2) is 52.7 Å². The number of piperidine rings is 1. The highest BCUT2D eigenvalue weighted by molar-refractivity contribution is 5.68. The van der Waals surface area contributed by atoms with Gasteiger partial charge in [-0.3, -0.25) is 4.68 Å². The molecule has 2 fully saturated rings. The fourth-order valence-electron chi connectivity index (χ4n) is 3.05. The Labute approximate surface area is 135 Å². The van der Waals surface area contributed by atoms with E-state index in [2.05, 4.69) is 5.10 Å². The molecule has 6 nitrogen and oxygen atoms in total. The summed E-state index contributed by atoms with van der Waals surface area (Å²) in [6.45, 7) is 7.89. The lowest BCUT2D eigenvalue weighted by Crippen LogP contribution is -2.42. The van der Waals surface area contributed by atoms with Crippen LogP contribution in [0.5, 0.6) is 0 Å². The molecule has 0 saturated carbocycles. The molecule has 23 heavy (non-hydrogen) atoms. The number of carbonyl (C=O) groups is 1. The zero-order valence-corrected chi connectivity index (χ0v) is 13.9. The van der Waals surface area contributed by atoms with E-state index in [1.54, 1.807) is 9.58 Å². The molecule has 2 aliphatic rings. The van der Waals surface area contributed by atoms with Crippen LogP contribution in [0, 0.1) is 5.82 Å². The van der Waals surface area contributed by atoms with E-state index in [9.17, 15) is 9.18 Å². The first-order valence-corrected chi connectivity index (χ1v) is 8.14. The molecule has 3 heterocycles. The monoisotopic (exact) mass is 325 g/mol. The van der Waals surface area contributed by atoms with Gasteiger partial charge in [0.1, 0.15) is 5.60 Å². The van der Waals surface area contributed by atoms with Gasteiger partial charge in [-0.2, -0.15) is 5.10 Å². The van der Waals surface area contributed by atoms with Crippen molar-refractivity contribution in [3.05, 3.63) is 17.7 Å². The molecule has 128 valence electrons. The predicted octanol–water partition coefficient (Wildman–Crippen LogP) is 2.71. The Hall–Kier alpha value is -1.63. The highest BCUT2D eigenvalue weighted by atomic mass is 19.1. The Morgan fingerprint density at radius 1 is 1.35 bits per heavy atom. The number of amides is 1. The third-order valence-electron chi connectivity index (χ3n) is 4.29. The second-order valence-electron chi connectivity index (χ2n) is 7.26. The van der Waals surface area contributed by atoms with E-state index in [0.29, 0.717) is 32.0 Å². The minimum atomic E-state index is -0.497. The van der Waals surface area contributed by atoms with Gasteiger partial charge in [0.15, 0.2) is 5.82 Å². The van der Waals surface area contributed by atoms with Gasteiger partial charge in [-0.05, 0) is 33.6 Å². The number of carbonyl (C=O) groups excluding carboxylic acids is 1. The van der Waals surface area contributed by atoms with Gasteiger partial charge in [-0.1, -0.05) is 0 Å². The molecule has 0 atom stereocenters. The minimum Gasteiger partial charge on any atom is -0.444 e. The standard InChI is InChI=1S/C16H24FN3O3/c1-16(2,3)23-15(21)19-6-4-11(5-7-19)14-13(17)8-18-20(14)12-9-22-10-12/h8,11-12H,4-7,9-10H2,1-3H3. The highest BCUT2D eigenvalue weighted by Gasteiger charge is 2.33. The number of ether oxygens (including phenoxy) is 2. The number of rotatable bonds is 2. The Morgan fingerprint density at radius 2 is 2.00 bits per heavy atom. The summed E-state index contributed by atoms with van der Waals surface area (Å²) in [5.74, 6) is -0.176. The fourth-order valence-corrected chi connectivity index (χ4v) is 3.05. The van der Waals surface area contributed by atoms with Crippen LogP contribution in [0.2, 0.25) is 0 Å². The van der Waals surface area contributed by atoms with Crippen molar-refractivity contribution in [3.63, 3.8) is 0 Å². The minimum absolute atomic E-state index is 0.0804. The Kier molecular flexibility index (Phi) is 4.31. The lowest BCUT2D eigenvalue weighted by atomic mass is 9.93. The summed E-state index contributed by atoms with van der Waals surface area (Å²) < 4.78 is 26.5. The van der Waals surface area contributed by atoms with E-state index >= 15 is 0 Å². The summed E-state index contributed by atoms with van der Waals surface area (Å²) in [6, 6.07) is 0.137. The number of nitrogens with zero attached hydrogens (tertiary/aromatic N) is 3. The topological polar surface area (TPSA) is 56.6 Å². The summed E-state index contributed by atoms with van der Waals surface area (Å²) in [5, 5.41) is 4.17. The van der Waals surface area contributed by atoms with Crippen molar-refractivity contribution in [1.29, 1.82) is 0 Å². The first-order chi connectivity index (χ1) is 10.8. The molecule has 0 spiro atoms. The maximum Gasteiger partial charge on any atom is 0.410 e. The average molecular weight is 325 g/mol. The van der Waals surface area contributed by atoms with Gasteiger partial charge in [-0.15, -0.1) is 0 Å². The molecule has 7 heteroatoms. The maximum atomic E-state index is 14.2. The first-order valence-electron chi connectivity index (χ1n) is 8.14. The van der Waals surface area contributed by atoms with Crippen molar-refractivity contribution >= 4 is 6.09 Å².